The first-order valence-corrected chi connectivity index (χ1v) is 6.51. The number of fused-ring (bicyclic) bond motifs is 2. The fourth-order valence-corrected chi connectivity index (χ4v) is 2.31. The minimum Gasteiger partial charge on any atom is -0.435 e. The van der Waals surface area contributed by atoms with Gasteiger partial charge in [0.1, 0.15) is 5.56 Å². The van der Waals surface area contributed by atoms with E-state index in [0.29, 0.717) is 11.3 Å². The topological polar surface area (TPSA) is 55.3 Å². The third-order valence-electron chi connectivity index (χ3n) is 3.23. The van der Waals surface area contributed by atoms with E-state index >= 15 is 0 Å². The quantitative estimate of drug-likeness (QED) is 0.798. The summed E-state index contributed by atoms with van der Waals surface area (Å²) in [7, 11) is 0. The molecule has 0 bridgehead atoms. The third-order valence-corrected chi connectivity index (χ3v) is 3.23. The number of ether oxygens (including phenoxy) is 1. The molecule has 2 heterocycles. The zero-order valence-electron chi connectivity index (χ0n) is 11.6. The van der Waals surface area contributed by atoms with Gasteiger partial charge in [-0.2, -0.15) is 5.10 Å². The molecule has 0 atom stereocenters. The van der Waals surface area contributed by atoms with Crippen LogP contribution in [0, 0.1) is 6.92 Å². The molecule has 2 aromatic rings. The van der Waals surface area contributed by atoms with Crippen LogP contribution in [-0.2, 0) is 0 Å². The molecule has 0 fully saturated rings. The lowest BCUT2D eigenvalue weighted by Gasteiger charge is -2.26. The predicted octanol–water partition coefficient (Wildman–Crippen LogP) is 2.95. The van der Waals surface area contributed by atoms with E-state index in [0.717, 1.165) is 11.3 Å². The van der Waals surface area contributed by atoms with Crippen LogP contribution in [0.2, 0.25) is 0 Å². The van der Waals surface area contributed by atoms with Gasteiger partial charge in [0.05, 0.1) is 11.9 Å². The number of carbonyl (C=O) groups excluding carboxylic acids is 1. The van der Waals surface area contributed by atoms with Crippen molar-refractivity contribution in [3.63, 3.8) is 0 Å². The Morgan fingerprint density at radius 2 is 2.05 bits per heavy atom. The van der Waals surface area contributed by atoms with E-state index in [2.05, 4.69) is 10.2 Å². The Morgan fingerprint density at radius 3 is 2.80 bits per heavy atom. The second kappa shape index (κ2) is 4.59. The highest BCUT2D eigenvalue weighted by Crippen LogP contribution is 2.39. The van der Waals surface area contributed by atoms with E-state index in [1.165, 1.54) is 6.20 Å². The highest BCUT2D eigenvalue weighted by atomic mass is 16.5. The Kier molecular flexibility index (Phi) is 2.89. The van der Waals surface area contributed by atoms with E-state index in [1.807, 2.05) is 39.0 Å². The maximum Gasteiger partial charge on any atom is 0.264 e. The summed E-state index contributed by atoms with van der Waals surface area (Å²) in [4.78, 5) is 14.5. The molecule has 102 valence electrons. The molecular weight excluding hydrogens is 254 g/mol. The molecule has 0 spiro atoms. The van der Waals surface area contributed by atoms with Gasteiger partial charge in [0, 0.05) is 6.04 Å². The minimum absolute atomic E-state index is 0.0192. The third kappa shape index (κ3) is 1.91. The molecule has 5 heteroatoms. The van der Waals surface area contributed by atoms with Gasteiger partial charge in [-0.25, -0.2) is 0 Å². The van der Waals surface area contributed by atoms with Gasteiger partial charge in [-0.1, -0.05) is 6.07 Å². The van der Waals surface area contributed by atoms with Crippen molar-refractivity contribution in [1.29, 1.82) is 0 Å². The average molecular weight is 269 g/mol. The molecule has 0 unspecified atom stereocenters. The molecule has 3 rings (SSSR count). The van der Waals surface area contributed by atoms with E-state index in [9.17, 15) is 4.79 Å². The maximum absolute atomic E-state index is 12.7. The van der Waals surface area contributed by atoms with Gasteiger partial charge in [-0.05, 0) is 44.5 Å². The largest absolute Gasteiger partial charge is 0.435 e. The fourth-order valence-electron chi connectivity index (χ4n) is 2.31. The van der Waals surface area contributed by atoms with Crippen molar-refractivity contribution < 1.29 is 9.53 Å². The molecular formula is C15H15N3O2. The number of aryl methyl sites for hydroxylation is 1. The SMILES string of the molecule is Cc1ccc2c(c1)N(C(C)C)C(=O)c1ccnnc1O2. The summed E-state index contributed by atoms with van der Waals surface area (Å²) < 4.78 is 5.77. The van der Waals surface area contributed by atoms with Gasteiger partial charge in [0.15, 0.2) is 5.75 Å². The van der Waals surface area contributed by atoms with Crippen LogP contribution in [0.3, 0.4) is 0 Å². The summed E-state index contributed by atoms with van der Waals surface area (Å²) >= 11 is 0. The van der Waals surface area contributed by atoms with Crippen LogP contribution in [0.25, 0.3) is 0 Å². The second-order valence-corrected chi connectivity index (χ2v) is 5.09. The zero-order chi connectivity index (χ0) is 14.3. The Hall–Kier alpha value is -2.43. The fraction of sp³-hybridized carbons (Fsp3) is 0.267. The number of anilines is 1. The molecule has 5 nitrogen and oxygen atoms in total. The molecule has 1 aliphatic rings. The van der Waals surface area contributed by atoms with Crippen molar-refractivity contribution in [3.8, 4) is 11.6 Å². The van der Waals surface area contributed by atoms with E-state index in [1.54, 1.807) is 11.0 Å². The van der Waals surface area contributed by atoms with E-state index < -0.39 is 0 Å². The monoisotopic (exact) mass is 269 g/mol. The first-order chi connectivity index (χ1) is 9.58. The van der Waals surface area contributed by atoms with Crippen LogP contribution in [0.15, 0.2) is 30.5 Å². The molecule has 1 aliphatic heterocycles. The van der Waals surface area contributed by atoms with Crippen molar-refractivity contribution in [2.24, 2.45) is 0 Å². The summed E-state index contributed by atoms with van der Waals surface area (Å²) in [5, 5.41) is 7.71. The van der Waals surface area contributed by atoms with Crippen molar-refractivity contribution >= 4 is 11.6 Å². The van der Waals surface area contributed by atoms with Gasteiger partial charge in [-0.15, -0.1) is 5.10 Å². The predicted molar refractivity (Wildman–Crippen MR) is 75.2 cm³/mol. The number of hydrogen-bond acceptors (Lipinski definition) is 4. The average Bonchev–Trinajstić information content (AvgIpc) is 2.53. The van der Waals surface area contributed by atoms with E-state index in [-0.39, 0.29) is 17.8 Å². The number of hydrogen-bond donors (Lipinski definition) is 0. The lowest BCUT2D eigenvalue weighted by atomic mass is 10.1. The second-order valence-electron chi connectivity index (χ2n) is 5.09. The maximum atomic E-state index is 12.7. The van der Waals surface area contributed by atoms with Crippen molar-refractivity contribution in [1.82, 2.24) is 10.2 Å². The molecule has 1 amide bonds. The Bertz CT molecular complexity index is 683. The first-order valence-electron chi connectivity index (χ1n) is 6.51. The summed E-state index contributed by atoms with van der Waals surface area (Å²) in [6.07, 6.45) is 1.50. The van der Waals surface area contributed by atoms with Crippen LogP contribution in [0.4, 0.5) is 5.69 Å². The lowest BCUT2D eigenvalue weighted by molar-refractivity contribution is 0.0980. The molecule has 0 radical (unpaired) electrons. The molecule has 0 saturated heterocycles. The smallest absolute Gasteiger partial charge is 0.264 e. The van der Waals surface area contributed by atoms with Gasteiger partial charge >= 0.3 is 0 Å². The Morgan fingerprint density at radius 1 is 1.25 bits per heavy atom. The van der Waals surface area contributed by atoms with Crippen molar-refractivity contribution in [2.75, 3.05) is 4.90 Å². The summed E-state index contributed by atoms with van der Waals surface area (Å²) in [5.41, 5.74) is 2.27. The standard InChI is InChI=1S/C15H15N3O2/c1-9(2)18-12-8-10(3)4-5-13(12)20-14-11(15(18)19)6-7-16-17-14/h4-9H,1-3H3. The highest BCUT2D eigenvalue weighted by Gasteiger charge is 2.30. The van der Waals surface area contributed by atoms with Gasteiger partial charge in [0.2, 0.25) is 0 Å². The molecule has 20 heavy (non-hydrogen) atoms. The number of amides is 1. The first kappa shape index (κ1) is 12.6. The molecule has 0 aliphatic carbocycles. The normalized spacial score (nSPS) is 13.6. The number of carbonyl (C=O) groups is 1. The highest BCUT2D eigenvalue weighted by molar-refractivity contribution is 6.09. The number of nitrogens with zero attached hydrogens (tertiary/aromatic N) is 3. The van der Waals surface area contributed by atoms with Gasteiger partial charge in [-0.3, -0.25) is 4.79 Å². The number of rotatable bonds is 1. The van der Waals surface area contributed by atoms with Crippen molar-refractivity contribution in [2.45, 2.75) is 26.8 Å². The van der Waals surface area contributed by atoms with E-state index in [4.69, 9.17) is 4.74 Å². The summed E-state index contributed by atoms with van der Waals surface area (Å²) in [5.74, 6) is 0.761. The van der Waals surface area contributed by atoms with Gasteiger partial charge in [0.25, 0.3) is 11.8 Å². The number of benzene rings is 1. The van der Waals surface area contributed by atoms with Crippen LogP contribution in [0.5, 0.6) is 11.6 Å². The summed E-state index contributed by atoms with van der Waals surface area (Å²) in [6.45, 7) is 5.94. The minimum atomic E-state index is -0.116. The van der Waals surface area contributed by atoms with Crippen LogP contribution < -0.4 is 9.64 Å². The van der Waals surface area contributed by atoms with Crippen molar-refractivity contribution in [3.05, 3.63) is 41.6 Å². The molecule has 0 saturated carbocycles. The number of aromatic nitrogens is 2. The Labute approximate surface area is 117 Å². The molecule has 0 N–H and O–H groups in total. The van der Waals surface area contributed by atoms with Crippen LogP contribution in [-0.4, -0.2) is 22.1 Å². The zero-order valence-corrected chi connectivity index (χ0v) is 11.6. The van der Waals surface area contributed by atoms with Crippen LogP contribution >= 0.6 is 0 Å². The molecule has 1 aromatic carbocycles. The van der Waals surface area contributed by atoms with Gasteiger partial charge < -0.3 is 9.64 Å². The molecule has 1 aromatic heterocycles. The van der Waals surface area contributed by atoms with Crippen LogP contribution in [0.1, 0.15) is 29.8 Å². The lowest BCUT2D eigenvalue weighted by Crippen LogP contribution is -2.36. The Balaban J connectivity index is 2.25. The summed E-state index contributed by atoms with van der Waals surface area (Å²) in [6, 6.07) is 7.41.